The molecule has 0 saturated heterocycles. The first-order valence-electron chi connectivity index (χ1n) is 4.92. The van der Waals surface area contributed by atoms with Crippen LogP contribution in [0.2, 0.25) is 0 Å². The van der Waals surface area contributed by atoms with Crippen molar-refractivity contribution < 1.29 is 5.11 Å². The van der Waals surface area contributed by atoms with Gasteiger partial charge in [0.25, 0.3) is 0 Å². The second kappa shape index (κ2) is 10.5. The molecule has 0 spiro atoms. The third-order valence-corrected chi connectivity index (χ3v) is 1.96. The quantitative estimate of drug-likeness (QED) is 0.435. The van der Waals surface area contributed by atoms with Gasteiger partial charge in [-0.2, -0.15) is 0 Å². The van der Waals surface area contributed by atoms with Crippen LogP contribution < -0.4 is 0 Å². The SMILES string of the molecule is [C]#CCCCCCCCCCO. The van der Waals surface area contributed by atoms with Crippen LogP contribution in [0.25, 0.3) is 0 Å². The lowest BCUT2D eigenvalue weighted by Crippen LogP contribution is -1.83. The summed E-state index contributed by atoms with van der Waals surface area (Å²) in [4.78, 5) is 0. The van der Waals surface area contributed by atoms with Crippen molar-refractivity contribution in [2.75, 3.05) is 6.61 Å². The molecular weight excluding hydrogens is 148 g/mol. The van der Waals surface area contributed by atoms with Crippen LogP contribution >= 0.6 is 0 Å². The van der Waals surface area contributed by atoms with Gasteiger partial charge >= 0.3 is 0 Å². The summed E-state index contributed by atoms with van der Waals surface area (Å²) in [6.07, 6.45) is 15.8. The Labute approximate surface area is 76.2 Å². The molecule has 0 bridgehead atoms. The van der Waals surface area contributed by atoms with Crippen molar-refractivity contribution >= 4 is 0 Å². The maximum atomic E-state index is 8.51. The predicted molar refractivity (Wildman–Crippen MR) is 51.2 cm³/mol. The molecule has 0 heterocycles. The Bertz CT molecular complexity index is 113. The first kappa shape index (κ1) is 11.5. The fourth-order valence-electron chi connectivity index (χ4n) is 1.21. The van der Waals surface area contributed by atoms with E-state index in [-0.39, 0.29) is 0 Å². The van der Waals surface area contributed by atoms with E-state index in [1.54, 1.807) is 0 Å². The van der Waals surface area contributed by atoms with Gasteiger partial charge in [-0.05, 0) is 19.3 Å². The van der Waals surface area contributed by atoms with Gasteiger partial charge in [0, 0.05) is 13.0 Å². The molecule has 0 aromatic heterocycles. The number of aliphatic hydroxyl groups excluding tert-OH is 1. The van der Waals surface area contributed by atoms with E-state index in [0.717, 1.165) is 25.7 Å². The monoisotopic (exact) mass is 167 g/mol. The normalized spacial score (nSPS) is 9.67. The molecule has 1 heteroatoms. The Hall–Kier alpha value is -0.480. The summed E-state index contributed by atoms with van der Waals surface area (Å²) in [6.45, 7) is 0.336. The van der Waals surface area contributed by atoms with E-state index >= 15 is 0 Å². The molecule has 0 rings (SSSR count). The van der Waals surface area contributed by atoms with Crippen molar-refractivity contribution in [2.24, 2.45) is 0 Å². The van der Waals surface area contributed by atoms with E-state index in [4.69, 9.17) is 11.5 Å². The van der Waals surface area contributed by atoms with Gasteiger partial charge in [-0.15, -0.1) is 0 Å². The summed E-state index contributed by atoms with van der Waals surface area (Å²) in [5, 5.41) is 8.51. The lowest BCUT2D eigenvalue weighted by molar-refractivity contribution is 0.282. The van der Waals surface area contributed by atoms with Gasteiger partial charge in [-0.25, -0.2) is 0 Å². The van der Waals surface area contributed by atoms with Crippen LogP contribution in [0.1, 0.15) is 51.4 Å². The molecule has 0 aliphatic rings. The van der Waals surface area contributed by atoms with Crippen LogP contribution in [-0.2, 0) is 0 Å². The average Bonchev–Trinajstić information content (AvgIpc) is 2.10. The minimum Gasteiger partial charge on any atom is -0.396 e. The van der Waals surface area contributed by atoms with Crippen molar-refractivity contribution in [3.8, 4) is 5.92 Å². The largest absolute Gasteiger partial charge is 0.396 e. The van der Waals surface area contributed by atoms with Crippen LogP contribution in [-0.4, -0.2) is 11.7 Å². The Balaban J connectivity index is 2.78. The second-order valence-electron chi connectivity index (χ2n) is 3.13. The summed E-state index contributed by atoms with van der Waals surface area (Å²) in [5.41, 5.74) is 0. The van der Waals surface area contributed by atoms with E-state index in [0.29, 0.717) is 6.61 Å². The van der Waals surface area contributed by atoms with Crippen LogP contribution in [0, 0.1) is 12.3 Å². The van der Waals surface area contributed by atoms with Gasteiger partial charge in [0.1, 0.15) is 0 Å². The predicted octanol–water partition coefficient (Wildman–Crippen LogP) is 2.69. The minimum atomic E-state index is 0.336. The molecule has 0 saturated carbocycles. The molecule has 0 atom stereocenters. The van der Waals surface area contributed by atoms with Gasteiger partial charge in [0.05, 0.1) is 0 Å². The third-order valence-electron chi connectivity index (χ3n) is 1.96. The molecule has 0 aromatic carbocycles. The lowest BCUT2D eigenvalue weighted by Gasteiger charge is -1.98. The fourth-order valence-corrected chi connectivity index (χ4v) is 1.21. The van der Waals surface area contributed by atoms with Gasteiger partial charge < -0.3 is 5.11 Å². The Kier molecular flexibility index (Phi) is 10.1. The summed E-state index contributed by atoms with van der Waals surface area (Å²) in [6, 6.07) is 0. The van der Waals surface area contributed by atoms with E-state index in [2.05, 4.69) is 5.92 Å². The third kappa shape index (κ3) is 9.52. The highest BCUT2D eigenvalue weighted by molar-refractivity contribution is 4.74. The first-order chi connectivity index (χ1) is 5.91. The molecular formula is C11H19O. The Morgan fingerprint density at radius 1 is 0.833 bits per heavy atom. The molecule has 12 heavy (non-hydrogen) atoms. The molecule has 1 radical (unpaired) electrons. The van der Waals surface area contributed by atoms with Gasteiger partial charge in [-0.3, -0.25) is 0 Å². The van der Waals surface area contributed by atoms with E-state index < -0.39 is 0 Å². The highest BCUT2D eigenvalue weighted by Crippen LogP contribution is 2.07. The zero-order valence-corrected chi connectivity index (χ0v) is 7.81. The smallest absolute Gasteiger partial charge is 0.0431 e. The molecule has 0 aliphatic carbocycles. The molecule has 69 valence electrons. The first-order valence-corrected chi connectivity index (χ1v) is 4.92. The van der Waals surface area contributed by atoms with Gasteiger partial charge in [0.2, 0.25) is 0 Å². The van der Waals surface area contributed by atoms with Crippen molar-refractivity contribution in [2.45, 2.75) is 51.4 Å². The lowest BCUT2D eigenvalue weighted by atomic mass is 10.1. The number of unbranched alkanes of at least 4 members (excludes halogenated alkanes) is 7. The number of hydrogen-bond acceptors (Lipinski definition) is 1. The topological polar surface area (TPSA) is 20.2 Å². The zero-order chi connectivity index (χ0) is 9.07. The highest BCUT2D eigenvalue weighted by Gasteiger charge is 1.89. The molecule has 0 aliphatic heterocycles. The van der Waals surface area contributed by atoms with Crippen molar-refractivity contribution in [3.63, 3.8) is 0 Å². The summed E-state index contributed by atoms with van der Waals surface area (Å²) >= 11 is 0. The highest BCUT2D eigenvalue weighted by atomic mass is 16.2. The van der Waals surface area contributed by atoms with E-state index in [1.807, 2.05) is 0 Å². The Morgan fingerprint density at radius 2 is 1.33 bits per heavy atom. The maximum Gasteiger partial charge on any atom is 0.0431 e. The van der Waals surface area contributed by atoms with Crippen LogP contribution in [0.5, 0.6) is 0 Å². The fraction of sp³-hybridized carbons (Fsp3) is 0.818. The molecule has 0 unspecified atom stereocenters. The van der Waals surface area contributed by atoms with Crippen LogP contribution in [0.15, 0.2) is 0 Å². The zero-order valence-electron chi connectivity index (χ0n) is 7.81. The standard InChI is InChI=1S/C11H19O/c1-2-3-4-5-6-7-8-9-10-11-12/h12H,3-11H2. The van der Waals surface area contributed by atoms with E-state index in [1.165, 1.54) is 25.7 Å². The number of rotatable bonds is 8. The van der Waals surface area contributed by atoms with Crippen molar-refractivity contribution in [1.82, 2.24) is 0 Å². The maximum absolute atomic E-state index is 8.51. The number of aliphatic hydroxyl groups is 1. The number of hydrogen-bond donors (Lipinski definition) is 1. The molecule has 1 N–H and O–H groups in total. The second-order valence-corrected chi connectivity index (χ2v) is 3.13. The van der Waals surface area contributed by atoms with Crippen molar-refractivity contribution in [3.05, 3.63) is 6.42 Å². The minimum absolute atomic E-state index is 0.336. The van der Waals surface area contributed by atoms with Gasteiger partial charge in [0.15, 0.2) is 0 Å². The van der Waals surface area contributed by atoms with Crippen LogP contribution in [0.4, 0.5) is 0 Å². The summed E-state index contributed by atoms with van der Waals surface area (Å²) < 4.78 is 0. The van der Waals surface area contributed by atoms with Gasteiger partial charge in [-0.1, -0.05) is 38.0 Å². The molecule has 0 fully saturated rings. The molecule has 0 aromatic rings. The van der Waals surface area contributed by atoms with Crippen LogP contribution in [0.3, 0.4) is 0 Å². The molecule has 1 nitrogen and oxygen atoms in total. The Morgan fingerprint density at radius 3 is 1.83 bits per heavy atom. The summed E-state index contributed by atoms with van der Waals surface area (Å²) in [7, 11) is 0. The van der Waals surface area contributed by atoms with E-state index in [9.17, 15) is 0 Å². The van der Waals surface area contributed by atoms with Crippen molar-refractivity contribution in [1.29, 1.82) is 0 Å². The average molecular weight is 167 g/mol. The summed E-state index contributed by atoms with van der Waals surface area (Å²) in [5.74, 6) is 2.40. The molecule has 0 amide bonds.